The summed E-state index contributed by atoms with van der Waals surface area (Å²) in [7, 11) is 1.56. The van der Waals surface area contributed by atoms with E-state index in [2.05, 4.69) is 10.2 Å². The van der Waals surface area contributed by atoms with Crippen molar-refractivity contribution >= 4 is 11.6 Å². The van der Waals surface area contributed by atoms with Crippen LogP contribution in [0.15, 0.2) is 42.5 Å². The van der Waals surface area contributed by atoms with E-state index in [1.54, 1.807) is 13.1 Å². The summed E-state index contributed by atoms with van der Waals surface area (Å²) >= 11 is 6.04. The highest BCUT2D eigenvalue weighted by Gasteiger charge is 2.34. The van der Waals surface area contributed by atoms with Gasteiger partial charge in [-0.3, -0.25) is 0 Å². The van der Waals surface area contributed by atoms with E-state index in [1.807, 2.05) is 6.07 Å². The molecule has 27 heavy (non-hydrogen) atoms. The Morgan fingerprint density at radius 3 is 2.59 bits per heavy atom. The summed E-state index contributed by atoms with van der Waals surface area (Å²) in [6, 6.07) is 11.7. The molecule has 9 heteroatoms. The van der Waals surface area contributed by atoms with E-state index >= 15 is 0 Å². The van der Waals surface area contributed by atoms with Crippen molar-refractivity contribution < 1.29 is 17.9 Å². The molecule has 0 radical (unpaired) electrons. The normalized spacial score (nSPS) is 11.3. The summed E-state index contributed by atoms with van der Waals surface area (Å²) in [5, 5.41) is 16.9. The van der Waals surface area contributed by atoms with Crippen molar-refractivity contribution in [2.45, 2.75) is 12.8 Å². The highest BCUT2D eigenvalue weighted by molar-refractivity contribution is 6.32. The molecule has 0 spiro atoms. The molecular formula is C18H12ClF3N4O. The van der Waals surface area contributed by atoms with E-state index in [-0.39, 0.29) is 23.0 Å². The van der Waals surface area contributed by atoms with Crippen LogP contribution in [-0.4, -0.2) is 14.8 Å². The third-order valence-electron chi connectivity index (χ3n) is 3.86. The summed E-state index contributed by atoms with van der Waals surface area (Å²) in [6.45, 7) is -0.0523. The lowest BCUT2D eigenvalue weighted by molar-refractivity contribution is -0.137. The molecule has 1 heterocycles. The van der Waals surface area contributed by atoms with Gasteiger partial charge in [-0.1, -0.05) is 29.8 Å². The SMILES string of the molecule is Cn1c(COc2ccc(C#N)cc2Cl)nnc1-c1ccccc1C(F)(F)F. The van der Waals surface area contributed by atoms with Crippen LogP contribution in [0.2, 0.25) is 5.02 Å². The second kappa shape index (κ2) is 7.29. The number of hydrogen-bond donors (Lipinski definition) is 0. The first-order valence-corrected chi connectivity index (χ1v) is 8.06. The van der Waals surface area contributed by atoms with Crippen LogP contribution in [0.4, 0.5) is 13.2 Å². The lowest BCUT2D eigenvalue weighted by Gasteiger charge is -2.12. The number of hydrogen-bond acceptors (Lipinski definition) is 4. The molecule has 2 aromatic carbocycles. The first kappa shape index (κ1) is 18.7. The molecule has 5 nitrogen and oxygen atoms in total. The lowest BCUT2D eigenvalue weighted by Crippen LogP contribution is -2.09. The molecular weight excluding hydrogens is 381 g/mol. The van der Waals surface area contributed by atoms with Gasteiger partial charge in [0.1, 0.15) is 12.4 Å². The monoisotopic (exact) mass is 392 g/mol. The molecule has 0 aliphatic carbocycles. The number of aromatic nitrogens is 3. The first-order valence-electron chi connectivity index (χ1n) is 7.68. The summed E-state index contributed by atoms with van der Waals surface area (Å²) in [4.78, 5) is 0. The van der Waals surface area contributed by atoms with Crippen LogP contribution < -0.4 is 4.74 Å². The maximum atomic E-state index is 13.2. The van der Waals surface area contributed by atoms with Gasteiger partial charge < -0.3 is 9.30 Å². The molecule has 0 aliphatic rings. The Balaban J connectivity index is 1.86. The molecule has 3 rings (SSSR count). The van der Waals surface area contributed by atoms with Crippen molar-refractivity contribution in [3.63, 3.8) is 0 Å². The lowest BCUT2D eigenvalue weighted by atomic mass is 10.1. The van der Waals surface area contributed by atoms with Gasteiger partial charge in [-0.2, -0.15) is 18.4 Å². The summed E-state index contributed by atoms with van der Waals surface area (Å²) in [5.74, 6) is 0.728. The average molecular weight is 393 g/mol. The van der Waals surface area contributed by atoms with E-state index in [0.29, 0.717) is 17.1 Å². The molecule has 138 valence electrons. The average Bonchev–Trinajstić information content (AvgIpc) is 3.00. The molecule has 0 saturated heterocycles. The van der Waals surface area contributed by atoms with E-state index in [4.69, 9.17) is 21.6 Å². The zero-order valence-corrected chi connectivity index (χ0v) is 14.7. The highest BCUT2D eigenvalue weighted by Crippen LogP contribution is 2.36. The van der Waals surface area contributed by atoms with Gasteiger partial charge in [0.2, 0.25) is 0 Å². The minimum atomic E-state index is -4.50. The Kier molecular flexibility index (Phi) is 5.06. The van der Waals surface area contributed by atoms with Gasteiger partial charge in [0.15, 0.2) is 11.6 Å². The van der Waals surface area contributed by atoms with E-state index in [1.165, 1.54) is 34.9 Å². The quantitative estimate of drug-likeness (QED) is 0.650. The van der Waals surface area contributed by atoms with Crippen molar-refractivity contribution in [2.24, 2.45) is 7.05 Å². The number of ether oxygens (including phenoxy) is 1. The van der Waals surface area contributed by atoms with Crippen LogP contribution >= 0.6 is 11.6 Å². The second-order valence-electron chi connectivity index (χ2n) is 5.59. The molecule has 0 unspecified atom stereocenters. The van der Waals surface area contributed by atoms with Gasteiger partial charge in [-0.15, -0.1) is 10.2 Å². The number of nitriles is 1. The Morgan fingerprint density at radius 1 is 1.19 bits per heavy atom. The maximum Gasteiger partial charge on any atom is 0.417 e. The zero-order chi connectivity index (χ0) is 19.6. The molecule has 1 aromatic heterocycles. The van der Waals surface area contributed by atoms with Crippen molar-refractivity contribution in [3.8, 4) is 23.2 Å². The summed E-state index contributed by atoms with van der Waals surface area (Å²) in [6.07, 6.45) is -4.50. The van der Waals surface area contributed by atoms with Crippen molar-refractivity contribution in [3.05, 3.63) is 64.4 Å². The Morgan fingerprint density at radius 2 is 1.93 bits per heavy atom. The summed E-state index contributed by atoms with van der Waals surface area (Å²) in [5.41, 5.74) is -0.470. The van der Waals surface area contributed by atoms with E-state index < -0.39 is 11.7 Å². The van der Waals surface area contributed by atoms with Crippen LogP contribution in [0.3, 0.4) is 0 Å². The molecule has 0 aliphatic heterocycles. The molecule has 0 fully saturated rings. The number of benzene rings is 2. The molecule has 0 saturated carbocycles. The predicted octanol–water partition coefficient (Wildman–Crippen LogP) is 4.60. The third-order valence-corrected chi connectivity index (χ3v) is 4.15. The van der Waals surface area contributed by atoms with Gasteiger partial charge in [-0.05, 0) is 24.3 Å². The first-order chi connectivity index (χ1) is 12.8. The van der Waals surface area contributed by atoms with Gasteiger partial charge in [0.05, 0.1) is 22.2 Å². The molecule has 0 amide bonds. The number of rotatable bonds is 4. The Hall–Kier alpha value is -3.05. The van der Waals surface area contributed by atoms with Crippen LogP contribution in [0, 0.1) is 11.3 Å². The maximum absolute atomic E-state index is 13.2. The standard InChI is InChI=1S/C18H12ClF3N4O/c1-26-16(10-27-15-7-6-11(9-23)8-14(15)19)24-25-17(26)12-4-2-3-5-13(12)18(20,21)22/h2-8H,10H2,1H3. The van der Waals surface area contributed by atoms with Crippen molar-refractivity contribution in [1.29, 1.82) is 5.26 Å². The van der Waals surface area contributed by atoms with Gasteiger partial charge in [0, 0.05) is 12.6 Å². The van der Waals surface area contributed by atoms with Crippen LogP contribution in [-0.2, 0) is 19.8 Å². The zero-order valence-electron chi connectivity index (χ0n) is 14.0. The number of alkyl halides is 3. The smallest absolute Gasteiger partial charge is 0.417 e. The molecule has 0 bridgehead atoms. The van der Waals surface area contributed by atoms with Crippen molar-refractivity contribution in [1.82, 2.24) is 14.8 Å². The van der Waals surface area contributed by atoms with Crippen LogP contribution in [0.1, 0.15) is 17.0 Å². The minimum Gasteiger partial charge on any atom is -0.484 e. The fraction of sp³-hybridized carbons (Fsp3) is 0.167. The number of nitrogens with zero attached hydrogens (tertiary/aromatic N) is 4. The Bertz CT molecular complexity index is 1020. The fourth-order valence-electron chi connectivity index (χ4n) is 2.48. The molecule has 0 atom stereocenters. The van der Waals surface area contributed by atoms with Gasteiger partial charge in [0.25, 0.3) is 0 Å². The third kappa shape index (κ3) is 3.88. The molecule has 0 N–H and O–H groups in total. The number of halogens is 4. The van der Waals surface area contributed by atoms with Crippen molar-refractivity contribution in [2.75, 3.05) is 0 Å². The highest BCUT2D eigenvalue weighted by atomic mass is 35.5. The summed E-state index contributed by atoms with van der Waals surface area (Å²) < 4.78 is 46.7. The predicted molar refractivity (Wildman–Crippen MR) is 91.9 cm³/mol. The van der Waals surface area contributed by atoms with E-state index in [9.17, 15) is 13.2 Å². The van der Waals surface area contributed by atoms with E-state index in [0.717, 1.165) is 6.07 Å². The van der Waals surface area contributed by atoms with Gasteiger partial charge >= 0.3 is 6.18 Å². The van der Waals surface area contributed by atoms with Gasteiger partial charge in [-0.25, -0.2) is 0 Å². The fourth-order valence-corrected chi connectivity index (χ4v) is 2.71. The minimum absolute atomic E-state index is 0.0523. The second-order valence-corrected chi connectivity index (χ2v) is 6.00. The molecule has 3 aromatic rings. The Labute approximate surface area is 157 Å². The van der Waals surface area contributed by atoms with Crippen LogP contribution in [0.5, 0.6) is 5.75 Å². The topological polar surface area (TPSA) is 63.7 Å². The largest absolute Gasteiger partial charge is 0.484 e. The van der Waals surface area contributed by atoms with Crippen LogP contribution in [0.25, 0.3) is 11.4 Å².